The lowest BCUT2D eigenvalue weighted by atomic mass is 10.1. The third-order valence-corrected chi connectivity index (χ3v) is 4.58. The van der Waals surface area contributed by atoms with Crippen molar-refractivity contribution < 1.29 is 22.4 Å². The minimum Gasteiger partial charge on any atom is -0.478 e. The number of carbonyl (C=O) groups is 1. The van der Waals surface area contributed by atoms with E-state index in [1.807, 2.05) is 0 Å². The molecule has 3 aromatic rings. The van der Waals surface area contributed by atoms with Gasteiger partial charge in [-0.05, 0) is 43.9 Å². The van der Waals surface area contributed by atoms with Gasteiger partial charge in [-0.3, -0.25) is 4.79 Å². The minimum atomic E-state index is -4.52. The first-order valence-electron chi connectivity index (χ1n) is 8.48. The molecule has 7 nitrogen and oxygen atoms in total. The fraction of sp³-hybridized carbons (Fsp3) is 0.333. The van der Waals surface area contributed by atoms with Crippen molar-refractivity contribution in [2.45, 2.75) is 32.0 Å². The molecule has 0 saturated heterocycles. The molecule has 0 bridgehead atoms. The number of nitrogens with zero attached hydrogens (tertiary/aromatic N) is 4. The van der Waals surface area contributed by atoms with Gasteiger partial charge in [0.15, 0.2) is 5.65 Å². The molecule has 28 heavy (non-hydrogen) atoms. The van der Waals surface area contributed by atoms with Crippen molar-refractivity contribution in [3.63, 3.8) is 0 Å². The Labute approximate surface area is 157 Å². The Morgan fingerprint density at radius 3 is 2.79 bits per heavy atom. The molecule has 1 aliphatic rings. The Balaban J connectivity index is 1.71. The van der Waals surface area contributed by atoms with Gasteiger partial charge in [0.25, 0.3) is 5.91 Å². The topological polar surface area (TPSA) is 76.8 Å². The van der Waals surface area contributed by atoms with Crippen molar-refractivity contribution in [1.29, 1.82) is 0 Å². The van der Waals surface area contributed by atoms with Crippen LogP contribution < -0.4 is 5.32 Å². The summed E-state index contributed by atoms with van der Waals surface area (Å²) in [6.45, 7) is 8.68. The van der Waals surface area contributed by atoms with Gasteiger partial charge in [-0.2, -0.15) is 23.1 Å². The van der Waals surface area contributed by atoms with Crippen LogP contribution in [-0.4, -0.2) is 32.7 Å². The van der Waals surface area contributed by atoms with Gasteiger partial charge in [-0.15, -0.1) is 0 Å². The van der Waals surface area contributed by atoms with Crippen molar-refractivity contribution in [2.24, 2.45) is 5.92 Å². The first-order chi connectivity index (χ1) is 13.3. The van der Waals surface area contributed by atoms with E-state index in [9.17, 15) is 18.0 Å². The minimum absolute atomic E-state index is 0.0585. The molecule has 144 valence electrons. The van der Waals surface area contributed by atoms with Gasteiger partial charge in [0.05, 0.1) is 12.8 Å². The van der Waals surface area contributed by atoms with Crippen LogP contribution in [0.2, 0.25) is 0 Å². The second-order valence-corrected chi connectivity index (χ2v) is 6.66. The number of nitrogens with one attached hydrogen (secondary N) is 1. The number of hydrogen-bond donors (Lipinski definition) is 1. The summed E-state index contributed by atoms with van der Waals surface area (Å²) in [6, 6.07) is 2.81. The van der Waals surface area contributed by atoms with Gasteiger partial charge in [-0.1, -0.05) is 0 Å². The number of hydrogen-bond acceptors (Lipinski definition) is 4. The smallest absolute Gasteiger partial charge is 0.408 e. The summed E-state index contributed by atoms with van der Waals surface area (Å²) in [5.41, 5.74) is 1.01. The number of furan rings is 1. The highest BCUT2D eigenvalue weighted by Crippen LogP contribution is 2.40. The van der Waals surface area contributed by atoms with Gasteiger partial charge in [0.1, 0.15) is 23.1 Å². The summed E-state index contributed by atoms with van der Waals surface area (Å²) < 4.78 is 46.4. The average molecular weight is 389 g/mol. The highest BCUT2D eigenvalue weighted by Gasteiger charge is 2.49. The summed E-state index contributed by atoms with van der Waals surface area (Å²) in [5.74, 6) is -1.07. The molecular weight excluding hydrogens is 375 g/mol. The van der Waals surface area contributed by atoms with Crippen molar-refractivity contribution in [1.82, 2.24) is 19.9 Å². The Bertz CT molecular complexity index is 1100. The third-order valence-electron chi connectivity index (χ3n) is 4.58. The molecule has 1 saturated carbocycles. The zero-order valence-corrected chi connectivity index (χ0v) is 14.6. The normalized spacial score (nSPS) is 15.4. The molecule has 1 aliphatic carbocycles. The summed E-state index contributed by atoms with van der Waals surface area (Å²) in [6.07, 6.45) is -2.45. The Morgan fingerprint density at radius 2 is 2.18 bits per heavy atom. The molecule has 1 atom stereocenters. The van der Waals surface area contributed by atoms with Crippen LogP contribution in [0, 0.1) is 19.4 Å². The summed E-state index contributed by atoms with van der Waals surface area (Å²) in [4.78, 5) is 20.1. The number of carbonyl (C=O) groups excluding carboxylic acids is 1. The predicted molar refractivity (Wildman–Crippen MR) is 91.7 cm³/mol. The largest absolute Gasteiger partial charge is 0.478 e. The molecule has 1 unspecified atom stereocenters. The third kappa shape index (κ3) is 3.19. The SMILES string of the molecule is [C-]#[N+]c1ccc(-c2cc(C)n3ncc(C(=O)NC(C4CC4)C(F)(F)F)c3n2)o1. The molecule has 1 N–H and O–H groups in total. The van der Waals surface area contributed by atoms with Crippen LogP contribution in [0.1, 0.15) is 28.9 Å². The fourth-order valence-corrected chi connectivity index (χ4v) is 3.04. The van der Waals surface area contributed by atoms with Crippen molar-refractivity contribution in [2.75, 3.05) is 0 Å². The summed E-state index contributed by atoms with van der Waals surface area (Å²) >= 11 is 0. The van der Waals surface area contributed by atoms with E-state index < -0.39 is 24.0 Å². The van der Waals surface area contributed by atoms with E-state index in [-0.39, 0.29) is 17.1 Å². The second-order valence-electron chi connectivity index (χ2n) is 6.66. The molecule has 10 heteroatoms. The van der Waals surface area contributed by atoms with Crippen LogP contribution in [0.4, 0.5) is 19.1 Å². The lowest BCUT2D eigenvalue weighted by molar-refractivity contribution is -0.158. The molecule has 0 spiro atoms. The zero-order chi connectivity index (χ0) is 20.1. The van der Waals surface area contributed by atoms with E-state index >= 15 is 0 Å². The molecule has 0 radical (unpaired) electrons. The van der Waals surface area contributed by atoms with Crippen molar-refractivity contribution in [3.8, 4) is 11.5 Å². The number of fused-ring (bicyclic) bond motifs is 1. The van der Waals surface area contributed by atoms with E-state index in [2.05, 4.69) is 20.2 Å². The van der Waals surface area contributed by atoms with Gasteiger partial charge in [0, 0.05) is 5.69 Å². The maximum atomic E-state index is 13.2. The lowest BCUT2D eigenvalue weighted by Crippen LogP contribution is -2.46. The lowest BCUT2D eigenvalue weighted by Gasteiger charge is -2.20. The first-order valence-corrected chi connectivity index (χ1v) is 8.48. The first kappa shape index (κ1) is 18.0. The van der Waals surface area contributed by atoms with Gasteiger partial charge in [-0.25, -0.2) is 9.50 Å². The number of alkyl halides is 3. The van der Waals surface area contributed by atoms with Gasteiger partial charge < -0.3 is 9.73 Å². The van der Waals surface area contributed by atoms with E-state index in [0.29, 0.717) is 30.0 Å². The van der Waals surface area contributed by atoms with Crippen LogP contribution in [0.3, 0.4) is 0 Å². The molecular formula is C18H14F3N5O2. The molecule has 4 rings (SSSR count). The Kier molecular flexibility index (Phi) is 4.10. The molecule has 3 aromatic heterocycles. The summed E-state index contributed by atoms with van der Waals surface area (Å²) in [7, 11) is 0. The maximum Gasteiger partial charge on any atom is 0.408 e. The van der Waals surface area contributed by atoms with Crippen LogP contribution in [-0.2, 0) is 0 Å². The van der Waals surface area contributed by atoms with E-state index in [1.165, 1.54) is 16.8 Å². The van der Waals surface area contributed by atoms with Crippen LogP contribution in [0.15, 0.2) is 28.8 Å². The molecule has 0 aromatic carbocycles. The Morgan fingerprint density at radius 1 is 1.43 bits per heavy atom. The average Bonchev–Trinajstić information content (AvgIpc) is 3.18. The number of amides is 1. The standard InChI is InChI=1S/C18H14F3N5O2/c1-9-7-12(13-5-6-14(22-2)28-13)24-16-11(8-23-26(9)16)17(27)25-15(10-3-4-10)18(19,20)21/h5-8,10,15H,3-4H2,1H3,(H,25,27). The van der Waals surface area contributed by atoms with Crippen LogP contribution in [0.25, 0.3) is 21.9 Å². The van der Waals surface area contributed by atoms with E-state index in [1.54, 1.807) is 19.1 Å². The van der Waals surface area contributed by atoms with Crippen molar-refractivity contribution in [3.05, 3.63) is 47.1 Å². The number of rotatable bonds is 4. The number of aromatic nitrogens is 3. The second kappa shape index (κ2) is 6.37. The molecule has 1 fully saturated rings. The van der Waals surface area contributed by atoms with Crippen molar-refractivity contribution >= 4 is 17.4 Å². The fourth-order valence-electron chi connectivity index (χ4n) is 3.04. The highest BCUT2D eigenvalue weighted by atomic mass is 19.4. The molecule has 0 aliphatic heterocycles. The monoisotopic (exact) mass is 389 g/mol. The number of aryl methyl sites for hydroxylation is 1. The number of halogens is 3. The highest BCUT2D eigenvalue weighted by molar-refractivity contribution is 6.00. The van der Waals surface area contributed by atoms with Gasteiger partial charge in [0.2, 0.25) is 0 Å². The Hall–Kier alpha value is -3.35. The summed E-state index contributed by atoms with van der Waals surface area (Å²) in [5, 5.41) is 6.14. The van der Waals surface area contributed by atoms with Gasteiger partial charge >= 0.3 is 12.1 Å². The molecule has 3 heterocycles. The van der Waals surface area contributed by atoms with E-state index in [4.69, 9.17) is 11.0 Å². The van der Waals surface area contributed by atoms with Crippen LogP contribution in [0.5, 0.6) is 0 Å². The van der Waals surface area contributed by atoms with Crippen LogP contribution >= 0.6 is 0 Å². The quantitative estimate of drug-likeness (QED) is 0.686. The maximum absolute atomic E-state index is 13.2. The molecule has 1 amide bonds. The van der Waals surface area contributed by atoms with E-state index in [0.717, 1.165) is 0 Å². The predicted octanol–water partition coefficient (Wildman–Crippen LogP) is 3.92. The zero-order valence-electron chi connectivity index (χ0n) is 14.6.